The molecule has 2 aromatic rings. The third-order valence-electron chi connectivity index (χ3n) is 3.78. The van der Waals surface area contributed by atoms with Gasteiger partial charge in [-0.15, -0.1) is 0 Å². The second-order valence-corrected chi connectivity index (χ2v) is 4.95. The minimum Gasteiger partial charge on any atom is -0.463 e. The van der Waals surface area contributed by atoms with E-state index in [1.165, 1.54) is 17.9 Å². The van der Waals surface area contributed by atoms with E-state index in [0.717, 1.165) is 22.0 Å². The van der Waals surface area contributed by atoms with Crippen molar-refractivity contribution in [2.24, 2.45) is 0 Å². The number of hydrogen-bond acceptors (Lipinski definition) is 3. The van der Waals surface area contributed by atoms with Gasteiger partial charge >= 0.3 is 5.97 Å². The molecule has 4 rings (SSSR count). The first kappa shape index (κ1) is 11.9. The number of aromatic amines is 1. The topological polar surface area (TPSA) is 55.0 Å². The van der Waals surface area contributed by atoms with Gasteiger partial charge in [-0.25, -0.2) is 9.78 Å². The third kappa shape index (κ3) is 1.69. The highest BCUT2D eigenvalue weighted by molar-refractivity contribution is 6.10. The van der Waals surface area contributed by atoms with Crippen LogP contribution in [0.25, 0.3) is 32.8 Å². The maximum Gasteiger partial charge on any atom is 0.374 e. The van der Waals surface area contributed by atoms with Crippen LogP contribution in [0, 0.1) is 0 Å². The number of hydrogen-bond donors (Lipinski definition) is 1. The summed E-state index contributed by atoms with van der Waals surface area (Å²) in [6.45, 7) is 0. The molecule has 4 nitrogen and oxygen atoms in total. The number of H-pyrrole nitrogens is 1. The molecule has 21 heavy (non-hydrogen) atoms. The second-order valence-electron chi connectivity index (χ2n) is 4.95. The van der Waals surface area contributed by atoms with Crippen molar-refractivity contribution in [3.8, 4) is 11.1 Å². The van der Waals surface area contributed by atoms with Gasteiger partial charge in [-0.1, -0.05) is 36.4 Å². The smallest absolute Gasteiger partial charge is 0.374 e. The van der Waals surface area contributed by atoms with Crippen LogP contribution in [0.1, 0.15) is 10.6 Å². The van der Waals surface area contributed by atoms with E-state index in [1.54, 1.807) is 6.20 Å². The maximum absolute atomic E-state index is 11.7. The van der Waals surface area contributed by atoms with Gasteiger partial charge in [0.2, 0.25) is 5.82 Å². The Kier molecular flexibility index (Phi) is 2.44. The molecule has 1 N–H and O–H groups in total. The average Bonchev–Trinajstić information content (AvgIpc) is 3.04. The molecule has 0 atom stereocenters. The van der Waals surface area contributed by atoms with Crippen molar-refractivity contribution in [2.45, 2.75) is 0 Å². The molecular formula is C17H12N2O2. The van der Waals surface area contributed by atoms with Crippen molar-refractivity contribution in [2.75, 3.05) is 7.11 Å². The summed E-state index contributed by atoms with van der Waals surface area (Å²) in [4.78, 5) is 18.9. The predicted molar refractivity (Wildman–Crippen MR) is 81.6 cm³/mol. The van der Waals surface area contributed by atoms with E-state index in [9.17, 15) is 4.79 Å². The fourth-order valence-electron chi connectivity index (χ4n) is 2.79. The summed E-state index contributed by atoms with van der Waals surface area (Å²) in [5, 5.41) is 3.36. The molecule has 2 aliphatic rings. The molecule has 0 spiro atoms. The van der Waals surface area contributed by atoms with E-state index in [4.69, 9.17) is 4.74 Å². The first-order chi connectivity index (χ1) is 10.3. The van der Waals surface area contributed by atoms with E-state index >= 15 is 0 Å². The minimum absolute atomic E-state index is 0.207. The average molecular weight is 276 g/mol. The molecule has 0 bridgehead atoms. The van der Waals surface area contributed by atoms with Crippen LogP contribution in [0.3, 0.4) is 0 Å². The molecule has 0 saturated carbocycles. The van der Waals surface area contributed by atoms with Crippen molar-refractivity contribution < 1.29 is 9.53 Å². The number of aromatic nitrogens is 2. The van der Waals surface area contributed by atoms with E-state index in [0.29, 0.717) is 0 Å². The highest BCUT2D eigenvalue weighted by Gasteiger charge is 2.15. The number of ether oxygens (including phenoxy) is 1. The molecule has 0 amide bonds. The van der Waals surface area contributed by atoms with Gasteiger partial charge in [-0.05, 0) is 22.4 Å². The van der Waals surface area contributed by atoms with Gasteiger partial charge in [0.25, 0.3) is 0 Å². The zero-order valence-corrected chi connectivity index (χ0v) is 11.4. The van der Waals surface area contributed by atoms with E-state index in [2.05, 4.69) is 34.2 Å². The fourth-order valence-corrected chi connectivity index (χ4v) is 2.79. The van der Waals surface area contributed by atoms with Crippen molar-refractivity contribution in [3.05, 3.63) is 54.5 Å². The standard InChI is InChI=1S/C17H12N2O2/c1-21-17(20)16-18-9-11-5-3-7-13-12-6-2-4-10(12)8-14(13)15(11)19-16/h2-9H,1H3,(H,18,19). The molecule has 4 heteroatoms. The molecule has 2 aliphatic carbocycles. The zero-order valence-electron chi connectivity index (χ0n) is 11.4. The molecule has 1 heterocycles. The van der Waals surface area contributed by atoms with Gasteiger partial charge in [0, 0.05) is 17.1 Å². The fraction of sp³-hybridized carbons (Fsp3) is 0.0588. The van der Waals surface area contributed by atoms with Gasteiger partial charge in [-0.3, -0.25) is 0 Å². The lowest BCUT2D eigenvalue weighted by atomic mass is 10.1. The first-order valence-electron chi connectivity index (χ1n) is 6.65. The van der Waals surface area contributed by atoms with Crippen LogP contribution in [-0.2, 0) is 4.74 Å². The van der Waals surface area contributed by atoms with Crippen molar-refractivity contribution in [1.82, 2.24) is 9.97 Å². The molecule has 1 aromatic carbocycles. The zero-order chi connectivity index (χ0) is 14.4. The Hall–Kier alpha value is -2.88. The molecule has 0 aliphatic heterocycles. The summed E-state index contributed by atoms with van der Waals surface area (Å²) in [5.74, 6) is -0.263. The minimum atomic E-state index is -0.470. The summed E-state index contributed by atoms with van der Waals surface area (Å²) in [7, 11) is 1.35. The van der Waals surface area contributed by atoms with Gasteiger partial charge in [0.1, 0.15) is 0 Å². The Balaban J connectivity index is 2.11. The lowest BCUT2D eigenvalue weighted by Crippen LogP contribution is -2.06. The van der Waals surface area contributed by atoms with Crippen LogP contribution < -0.4 is 0 Å². The Morgan fingerprint density at radius 2 is 1.90 bits per heavy atom. The molecule has 0 fully saturated rings. The highest BCUT2D eigenvalue weighted by atomic mass is 16.5. The normalized spacial score (nSPS) is 11.3. The van der Waals surface area contributed by atoms with Gasteiger partial charge in [-0.2, -0.15) is 0 Å². The second kappa shape index (κ2) is 4.31. The van der Waals surface area contributed by atoms with Crippen molar-refractivity contribution in [3.63, 3.8) is 0 Å². The Bertz CT molecular complexity index is 956. The van der Waals surface area contributed by atoms with Gasteiger partial charge in [0.05, 0.1) is 12.6 Å². The Morgan fingerprint density at radius 3 is 2.76 bits per heavy atom. The number of fused-ring (bicyclic) bond motifs is 5. The largest absolute Gasteiger partial charge is 0.463 e. The lowest BCUT2D eigenvalue weighted by molar-refractivity contribution is 0.0587. The van der Waals surface area contributed by atoms with Crippen LogP contribution in [0.2, 0.25) is 0 Å². The van der Waals surface area contributed by atoms with E-state index < -0.39 is 5.97 Å². The molecule has 102 valence electrons. The quantitative estimate of drug-likeness (QED) is 0.540. The molecule has 0 unspecified atom stereocenters. The number of carbonyl (C=O) groups is 1. The number of esters is 1. The predicted octanol–water partition coefficient (Wildman–Crippen LogP) is 3.61. The van der Waals surface area contributed by atoms with Crippen molar-refractivity contribution >= 4 is 27.6 Å². The number of methoxy groups -OCH3 is 1. The molecule has 0 radical (unpaired) electrons. The summed E-state index contributed by atoms with van der Waals surface area (Å²) in [5.41, 5.74) is 3.12. The monoisotopic (exact) mass is 276 g/mol. The number of nitrogens with zero attached hydrogens (tertiary/aromatic N) is 1. The Morgan fingerprint density at radius 1 is 1.10 bits per heavy atom. The summed E-state index contributed by atoms with van der Waals surface area (Å²) in [6.07, 6.45) is 1.69. The van der Waals surface area contributed by atoms with Crippen LogP contribution in [0.4, 0.5) is 0 Å². The van der Waals surface area contributed by atoms with Crippen LogP contribution in [-0.4, -0.2) is 23.0 Å². The SMILES string of the molecule is COC(=O)c1ncc2cccc3c4cccc4cc-3c2[nH]1. The van der Waals surface area contributed by atoms with E-state index in [1.807, 2.05) is 18.2 Å². The maximum atomic E-state index is 11.7. The number of rotatable bonds is 1. The van der Waals surface area contributed by atoms with Crippen LogP contribution in [0.5, 0.6) is 0 Å². The number of carbonyl (C=O) groups excluding carboxylic acids is 1. The Labute approximate surface area is 120 Å². The third-order valence-corrected chi connectivity index (χ3v) is 3.78. The lowest BCUT2D eigenvalue weighted by Gasteiger charge is -2.03. The molecular weight excluding hydrogens is 264 g/mol. The summed E-state index contributed by atoms with van der Waals surface area (Å²) >= 11 is 0. The van der Waals surface area contributed by atoms with Crippen molar-refractivity contribution in [1.29, 1.82) is 0 Å². The summed E-state index contributed by atoms with van der Waals surface area (Å²) < 4.78 is 4.73. The molecule has 0 saturated heterocycles. The van der Waals surface area contributed by atoms with Crippen LogP contribution >= 0.6 is 0 Å². The number of nitrogens with one attached hydrogen (secondary N) is 1. The van der Waals surface area contributed by atoms with Gasteiger partial charge < -0.3 is 9.72 Å². The van der Waals surface area contributed by atoms with Gasteiger partial charge in [0.15, 0.2) is 0 Å². The van der Waals surface area contributed by atoms with E-state index in [-0.39, 0.29) is 5.82 Å². The van der Waals surface area contributed by atoms with Crippen LogP contribution in [0.15, 0.2) is 48.7 Å². The highest BCUT2D eigenvalue weighted by Crippen LogP contribution is 2.37. The summed E-state index contributed by atoms with van der Waals surface area (Å²) in [6, 6.07) is 14.4. The molecule has 1 aromatic heterocycles. The first-order valence-corrected chi connectivity index (χ1v) is 6.65.